The highest BCUT2D eigenvalue weighted by Crippen LogP contribution is 2.36. The first-order valence-electron chi connectivity index (χ1n) is 10.3. The minimum Gasteiger partial charge on any atom is -0.357 e. The largest absolute Gasteiger partial charge is 0.357 e. The second-order valence-electron chi connectivity index (χ2n) is 7.73. The molecule has 2 aromatic carbocycles. The average molecular weight is 427 g/mol. The number of aryl methyl sites for hydroxylation is 3. The predicted octanol–water partition coefficient (Wildman–Crippen LogP) is 5.12. The van der Waals surface area contributed by atoms with Crippen LogP contribution in [-0.4, -0.2) is 31.8 Å². The van der Waals surface area contributed by atoms with E-state index in [0.717, 1.165) is 38.5 Å². The Morgan fingerprint density at radius 3 is 2.62 bits per heavy atom. The molecule has 2 N–H and O–H groups in total. The van der Waals surface area contributed by atoms with Crippen LogP contribution >= 0.6 is 0 Å². The van der Waals surface area contributed by atoms with Gasteiger partial charge in [0.1, 0.15) is 11.6 Å². The SMILES string of the molecule is CNc1ncc2cc(-c3c(C)ccc4c(Nc5ccc(F)c(C)n5)nn(C)c34)ccc2n1. The smallest absolute Gasteiger partial charge is 0.222 e. The number of pyridine rings is 1. The topological polar surface area (TPSA) is 80.5 Å². The van der Waals surface area contributed by atoms with Gasteiger partial charge in [-0.3, -0.25) is 4.68 Å². The maximum absolute atomic E-state index is 13.6. The van der Waals surface area contributed by atoms with Crippen LogP contribution < -0.4 is 10.6 Å². The number of aromatic nitrogens is 5. The molecule has 3 heterocycles. The average Bonchev–Trinajstić information content (AvgIpc) is 3.10. The molecule has 0 aliphatic rings. The van der Waals surface area contributed by atoms with E-state index in [1.807, 2.05) is 30.1 Å². The van der Waals surface area contributed by atoms with Gasteiger partial charge in [-0.2, -0.15) is 5.10 Å². The fraction of sp³-hybridized carbons (Fsp3) is 0.167. The second kappa shape index (κ2) is 7.56. The van der Waals surface area contributed by atoms with E-state index < -0.39 is 0 Å². The molecule has 7 nitrogen and oxygen atoms in total. The zero-order valence-electron chi connectivity index (χ0n) is 18.2. The summed E-state index contributed by atoms with van der Waals surface area (Å²) in [5, 5.41) is 12.8. The first kappa shape index (κ1) is 19.9. The first-order valence-corrected chi connectivity index (χ1v) is 10.3. The molecule has 0 amide bonds. The van der Waals surface area contributed by atoms with E-state index in [0.29, 0.717) is 23.3 Å². The van der Waals surface area contributed by atoms with Gasteiger partial charge in [-0.15, -0.1) is 0 Å². The Hall–Kier alpha value is -4.07. The Kier molecular flexibility index (Phi) is 4.70. The van der Waals surface area contributed by atoms with Gasteiger partial charge in [0.25, 0.3) is 0 Å². The summed E-state index contributed by atoms with van der Waals surface area (Å²) in [4.78, 5) is 13.1. The van der Waals surface area contributed by atoms with Crippen molar-refractivity contribution in [1.29, 1.82) is 0 Å². The summed E-state index contributed by atoms with van der Waals surface area (Å²) in [5.41, 5.74) is 5.50. The Morgan fingerprint density at radius 1 is 1.00 bits per heavy atom. The molecule has 0 bridgehead atoms. The van der Waals surface area contributed by atoms with Crippen molar-refractivity contribution in [2.45, 2.75) is 13.8 Å². The molecule has 0 aliphatic carbocycles. The molecule has 5 aromatic rings. The van der Waals surface area contributed by atoms with Crippen molar-refractivity contribution >= 4 is 39.4 Å². The van der Waals surface area contributed by atoms with Gasteiger partial charge in [-0.05, 0) is 55.3 Å². The van der Waals surface area contributed by atoms with Gasteiger partial charge in [0.2, 0.25) is 5.95 Å². The highest BCUT2D eigenvalue weighted by Gasteiger charge is 2.17. The van der Waals surface area contributed by atoms with Crippen LogP contribution in [0.1, 0.15) is 11.3 Å². The third kappa shape index (κ3) is 3.30. The molecular weight excluding hydrogens is 405 g/mol. The van der Waals surface area contributed by atoms with Gasteiger partial charge < -0.3 is 10.6 Å². The Balaban J connectivity index is 1.64. The molecular formula is C24H22FN7. The summed E-state index contributed by atoms with van der Waals surface area (Å²) in [5.74, 6) is 1.48. The summed E-state index contributed by atoms with van der Waals surface area (Å²) in [7, 11) is 3.72. The minimum atomic E-state index is -0.332. The molecule has 160 valence electrons. The number of anilines is 3. The molecule has 0 spiro atoms. The van der Waals surface area contributed by atoms with Crippen LogP contribution in [0.15, 0.2) is 48.7 Å². The van der Waals surface area contributed by atoms with Gasteiger partial charge in [0.15, 0.2) is 5.82 Å². The molecule has 0 saturated heterocycles. The highest BCUT2D eigenvalue weighted by molar-refractivity contribution is 6.03. The van der Waals surface area contributed by atoms with E-state index in [4.69, 9.17) is 0 Å². The van der Waals surface area contributed by atoms with E-state index in [2.05, 4.69) is 55.8 Å². The van der Waals surface area contributed by atoms with Crippen molar-refractivity contribution in [3.63, 3.8) is 0 Å². The molecule has 5 rings (SSSR count). The van der Waals surface area contributed by atoms with Crippen LogP contribution in [-0.2, 0) is 7.05 Å². The molecule has 3 aromatic heterocycles. The lowest BCUT2D eigenvalue weighted by molar-refractivity contribution is 0.610. The van der Waals surface area contributed by atoms with Gasteiger partial charge in [-0.25, -0.2) is 19.3 Å². The fourth-order valence-electron chi connectivity index (χ4n) is 3.97. The highest BCUT2D eigenvalue weighted by atomic mass is 19.1. The number of hydrogen-bond donors (Lipinski definition) is 2. The minimum absolute atomic E-state index is 0.332. The summed E-state index contributed by atoms with van der Waals surface area (Å²) < 4.78 is 15.5. The summed E-state index contributed by atoms with van der Waals surface area (Å²) in [6.45, 7) is 3.73. The lowest BCUT2D eigenvalue weighted by Gasteiger charge is -2.11. The number of benzene rings is 2. The standard InChI is InChI=1S/C24H22FN7/c1-13-5-7-17-22(32(4)31-23(17)30-20-10-8-18(25)14(2)28-20)21(13)15-6-9-19-16(11-15)12-27-24(26-3)29-19/h5-12H,1-4H3,(H,26,27,29)(H,28,30,31). The first-order chi connectivity index (χ1) is 15.4. The number of nitrogens with zero attached hydrogens (tertiary/aromatic N) is 5. The molecule has 0 atom stereocenters. The van der Waals surface area contributed by atoms with Crippen molar-refractivity contribution < 1.29 is 4.39 Å². The molecule has 0 unspecified atom stereocenters. The van der Waals surface area contributed by atoms with E-state index in [1.54, 1.807) is 20.0 Å². The zero-order valence-corrected chi connectivity index (χ0v) is 18.2. The van der Waals surface area contributed by atoms with Gasteiger partial charge in [0, 0.05) is 36.6 Å². The van der Waals surface area contributed by atoms with E-state index >= 15 is 0 Å². The van der Waals surface area contributed by atoms with Crippen molar-refractivity contribution in [2.24, 2.45) is 7.05 Å². The lowest BCUT2D eigenvalue weighted by atomic mass is 9.96. The zero-order chi connectivity index (χ0) is 22.4. The third-order valence-corrected chi connectivity index (χ3v) is 5.57. The Bertz CT molecular complexity index is 1490. The summed E-state index contributed by atoms with van der Waals surface area (Å²) in [6.07, 6.45) is 1.83. The summed E-state index contributed by atoms with van der Waals surface area (Å²) in [6, 6.07) is 13.3. The molecule has 0 radical (unpaired) electrons. The van der Waals surface area contributed by atoms with Crippen LogP contribution in [0.3, 0.4) is 0 Å². The van der Waals surface area contributed by atoms with Gasteiger partial charge in [-0.1, -0.05) is 12.1 Å². The van der Waals surface area contributed by atoms with Crippen molar-refractivity contribution in [1.82, 2.24) is 24.7 Å². The summed E-state index contributed by atoms with van der Waals surface area (Å²) >= 11 is 0. The van der Waals surface area contributed by atoms with Crippen LogP contribution in [0.5, 0.6) is 0 Å². The van der Waals surface area contributed by atoms with Crippen molar-refractivity contribution in [3.05, 3.63) is 65.7 Å². The van der Waals surface area contributed by atoms with Gasteiger partial charge >= 0.3 is 0 Å². The third-order valence-electron chi connectivity index (χ3n) is 5.57. The number of nitrogens with one attached hydrogen (secondary N) is 2. The van der Waals surface area contributed by atoms with Crippen LogP contribution in [0, 0.1) is 19.7 Å². The van der Waals surface area contributed by atoms with Crippen LogP contribution in [0.2, 0.25) is 0 Å². The van der Waals surface area contributed by atoms with E-state index in [1.165, 1.54) is 6.07 Å². The van der Waals surface area contributed by atoms with Crippen molar-refractivity contribution in [3.8, 4) is 11.1 Å². The fourth-order valence-corrected chi connectivity index (χ4v) is 3.97. The van der Waals surface area contributed by atoms with Gasteiger partial charge in [0.05, 0.1) is 16.7 Å². The quantitative estimate of drug-likeness (QED) is 0.414. The lowest BCUT2D eigenvalue weighted by Crippen LogP contribution is -1.98. The van der Waals surface area contributed by atoms with E-state index in [-0.39, 0.29) is 5.82 Å². The Morgan fingerprint density at radius 2 is 1.84 bits per heavy atom. The monoisotopic (exact) mass is 427 g/mol. The predicted molar refractivity (Wildman–Crippen MR) is 126 cm³/mol. The molecule has 8 heteroatoms. The molecule has 32 heavy (non-hydrogen) atoms. The Labute approximate surface area is 184 Å². The molecule has 0 fully saturated rings. The molecule has 0 aliphatic heterocycles. The number of fused-ring (bicyclic) bond motifs is 2. The number of hydrogen-bond acceptors (Lipinski definition) is 6. The normalized spacial score (nSPS) is 11.3. The van der Waals surface area contributed by atoms with Crippen LogP contribution in [0.25, 0.3) is 32.9 Å². The second-order valence-corrected chi connectivity index (χ2v) is 7.73. The maximum Gasteiger partial charge on any atom is 0.222 e. The van der Waals surface area contributed by atoms with Crippen LogP contribution in [0.4, 0.5) is 22.0 Å². The molecule has 0 saturated carbocycles. The van der Waals surface area contributed by atoms with Crippen molar-refractivity contribution in [2.75, 3.05) is 17.7 Å². The maximum atomic E-state index is 13.6. The number of rotatable bonds is 4. The number of halogens is 1. The van der Waals surface area contributed by atoms with E-state index in [9.17, 15) is 4.39 Å².